The van der Waals surface area contributed by atoms with Crippen molar-refractivity contribution in [3.63, 3.8) is 0 Å². The van der Waals surface area contributed by atoms with Gasteiger partial charge in [-0.15, -0.1) is 0 Å². The molecule has 1 aliphatic rings. The van der Waals surface area contributed by atoms with E-state index < -0.39 is 0 Å². The molecule has 2 aromatic carbocycles. The van der Waals surface area contributed by atoms with Crippen LogP contribution in [0.4, 0.5) is 5.82 Å². The average molecular weight is 355 g/mol. The van der Waals surface area contributed by atoms with Crippen LogP contribution in [0.1, 0.15) is 11.1 Å². The second-order valence-corrected chi connectivity index (χ2v) is 6.31. The third-order valence-electron chi connectivity index (χ3n) is 4.10. The molecule has 118 valence electrons. The summed E-state index contributed by atoms with van der Waals surface area (Å²) in [6.07, 6.45) is 0.879. The van der Waals surface area contributed by atoms with Crippen LogP contribution in [0.25, 0.3) is 16.9 Å². The largest absolute Gasteiger partial charge is 0.369 e. The minimum atomic E-state index is 0.512. The van der Waals surface area contributed by atoms with E-state index in [0.29, 0.717) is 15.6 Å². The third kappa shape index (κ3) is 2.34. The Labute approximate surface area is 149 Å². The molecule has 24 heavy (non-hydrogen) atoms. The Hall–Kier alpha value is -2.48. The molecular weight excluding hydrogens is 343 g/mol. The van der Waals surface area contributed by atoms with Crippen molar-refractivity contribution in [3.05, 3.63) is 63.6 Å². The number of halogens is 2. The lowest BCUT2D eigenvalue weighted by molar-refractivity contribution is 0.882. The molecule has 0 saturated carbocycles. The molecule has 0 fully saturated rings. The standard InChI is InChI=1S/C18H12Cl2N4/c19-15-3-1-2-13(16(15)20)17-14-8-9-22-18(14)24(23-17)12-6-4-11(10-21)5-7-12/h1-7,22H,8-9H2. The van der Waals surface area contributed by atoms with E-state index in [2.05, 4.69) is 11.4 Å². The topological polar surface area (TPSA) is 53.6 Å². The van der Waals surface area contributed by atoms with Gasteiger partial charge in [-0.25, -0.2) is 4.68 Å². The number of anilines is 1. The fraction of sp³-hybridized carbons (Fsp3) is 0.111. The van der Waals surface area contributed by atoms with Gasteiger partial charge >= 0.3 is 0 Å². The summed E-state index contributed by atoms with van der Waals surface area (Å²) in [5.74, 6) is 0.964. The molecule has 3 aromatic rings. The molecule has 0 atom stereocenters. The lowest BCUT2D eigenvalue weighted by Gasteiger charge is -2.06. The Kier molecular flexibility index (Phi) is 3.68. The predicted octanol–water partition coefficient (Wildman–Crippen LogP) is 4.69. The van der Waals surface area contributed by atoms with Crippen LogP contribution in [0.15, 0.2) is 42.5 Å². The number of fused-ring (bicyclic) bond motifs is 1. The van der Waals surface area contributed by atoms with Crippen LogP contribution >= 0.6 is 23.2 Å². The van der Waals surface area contributed by atoms with Gasteiger partial charge in [0.1, 0.15) is 5.82 Å². The van der Waals surface area contributed by atoms with E-state index in [1.807, 2.05) is 28.9 Å². The smallest absolute Gasteiger partial charge is 0.133 e. The van der Waals surface area contributed by atoms with E-state index >= 15 is 0 Å². The Morgan fingerprint density at radius 1 is 1.12 bits per heavy atom. The van der Waals surface area contributed by atoms with Crippen LogP contribution < -0.4 is 5.32 Å². The van der Waals surface area contributed by atoms with E-state index in [4.69, 9.17) is 33.6 Å². The maximum absolute atomic E-state index is 8.95. The van der Waals surface area contributed by atoms with E-state index in [1.165, 1.54) is 0 Å². The van der Waals surface area contributed by atoms with Gasteiger partial charge in [0.15, 0.2) is 0 Å². The van der Waals surface area contributed by atoms with Crippen molar-refractivity contribution in [1.82, 2.24) is 9.78 Å². The summed E-state index contributed by atoms with van der Waals surface area (Å²) in [4.78, 5) is 0. The minimum absolute atomic E-state index is 0.512. The fourth-order valence-electron chi connectivity index (χ4n) is 2.94. The summed E-state index contributed by atoms with van der Waals surface area (Å²) in [7, 11) is 0. The van der Waals surface area contributed by atoms with Gasteiger partial charge in [0.2, 0.25) is 0 Å². The summed E-state index contributed by atoms with van der Waals surface area (Å²) < 4.78 is 1.86. The summed E-state index contributed by atoms with van der Waals surface area (Å²) in [5.41, 5.74) is 4.31. The zero-order chi connectivity index (χ0) is 16.7. The molecule has 2 heterocycles. The molecule has 1 aliphatic heterocycles. The number of nitriles is 1. The van der Waals surface area contributed by atoms with E-state index in [-0.39, 0.29) is 0 Å². The number of rotatable bonds is 2. The predicted molar refractivity (Wildman–Crippen MR) is 95.9 cm³/mol. The van der Waals surface area contributed by atoms with Gasteiger partial charge in [0.05, 0.1) is 33.1 Å². The van der Waals surface area contributed by atoms with Crippen molar-refractivity contribution in [2.24, 2.45) is 0 Å². The van der Waals surface area contributed by atoms with Gasteiger partial charge in [-0.3, -0.25) is 0 Å². The van der Waals surface area contributed by atoms with Gasteiger partial charge < -0.3 is 5.32 Å². The number of hydrogen-bond acceptors (Lipinski definition) is 3. The molecule has 0 amide bonds. The highest BCUT2D eigenvalue weighted by molar-refractivity contribution is 6.43. The highest BCUT2D eigenvalue weighted by Gasteiger charge is 2.25. The highest BCUT2D eigenvalue weighted by Crippen LogP contribution is 2.39. The lowest BCUT2D eigenvalue weighted by atomic mass is 10.1. The first-order valence-electron chi connectivity index (χ1n) is 7.49. The molecule has 0 saturated heterocycles. The molecule has 0 spiro atoms. The highest BCUT2D eigenvalue weighted by atomic mass is 35.5. The average Bonchev–Trinajstić information content (AvgIpc) is 3.20. The maximum Gasteiger partial charge on any atom is 0.133 e. The van der Waals surface area contributed by atoms with Gasteiger partial charge in [-0.2, -0.15) is 10.4 Å². The molecule has 4 rings (SSSR count). The number of nitrogens with zero attached hydrogens (tertiary/aromatic N) is 3. The number of benzene rings is 2. The van der Waals surface area contributed by atoms with Crippen LogP contribution in [0.5, 0.6) is 0 Å². The van der Waals surface area contributed by atoms with Gasteiger partial charge in [0, 0.05) is 17.7 Å². The summed E-state index contributed by atoms with van der Waals surface area (Å²) in [6.45, 7) is 0.856. The monoisotopic (exact) mass is 354 g/mol. The fourth-order valence-corrected chi connectivity index (χ4v) is 3.33. The molecule has 4 nitrogen and oxygen atoms in total. The van der Waals surface area contributed by atoms with Crippen molar-refractivity contribution in [2.75, 3.05) is 11.9 Å². The minimum Gasteiger partial charge on any atom is -0.369 e. The van der Waals surface area contributed by atoms with E-state index in [1.54, 1.807) is 18.2 Å². The van der Waals surface area contributed by atoms with E-state index in [0.717, 1.165) is 41.3 Å². The Balaban J connectivity index is 1.89. The second kappa shape index (κ2) is 5.86. The Morgan fingerprint density at radius 2 is 1.92 bits per heavy atom. The van der Waals surface area contributed by atoms with Gasteiger partial charge in [0.25, 0.3) is 0 Å². The number of hydrogen-bond donors (Lipinski definition) is 1. The molecule has 1 N–H and O–H groups in total. The normalized spacial score (nSPS) is 12.5. The molecule has 0 unspecified atom stereocenters. The molecular formula is C18H12Cl2N4. The first-order valence-corrected chi connectivity index (χ1v) is 8.25. The summed E-state index contributed by atoms with van der Waals surface area (Å²) in [6, 6.07) is 15.0. The van der Waals surface area contributed by atoms with E-state index in [9.17, 15) is 0 Å². The third-order valence-corrected chi connectivity index (χ3v) is 4.92. The van der Waals surface area contributed by atoms with Crippen molar-refractivity contribution >= 4 is 29.0 Å². The zero-order valence-corrected chi connectivity index (χ0v) is 14.1. The molecule has 0 aliphatic carbocycles. The van der Waals surface area contributed by atoms with Crippen molar-refractivity contribution in [1.29, 1.82) is 5.26 Å². The van der Waals surface area contributed by atoms with Gasteiger partial charge in [-0.1, -0.05) is 35.3 Å². The van der Waals surface area contributed by atoms with Crippen LogP contribution in [0.3, 0.4) is 0 Å². The SMILES string of the molecule is N#Cc1ccc(-n2nc(-c3cccc(Cl)c3Cl)c3c2NCC3)cc1. The van der Waals surface area contributed by atoms with Crippen LogP contribution in [0.2, 0.25) is 10.0 Å². The van der Waals surface area contributed by atoms with Crippen LogP contribution in [-0.4, -0.2) is 16.3 Å². The van der Waals surface area contributed by atoms with Crippen LogP contribution in [0, 0.1) is 11.3 Å². The van der Waals surface area contributed by atoms with Gasteiger partial charge in [-0.05, 0) is 36.8 Å². The summed E-state index contributed by atoms with van der Waals surface area (Å²) in [5, 5.41) is 18.1. The van der Waals surface area contributed by atoms with Crippen molar-refractivity contribution in [2.45, 2.75) is 6.42 Å². The molecule has 1 aromatic heterocycles. The quantitative estimate of drug-likeness (QED) is 0.726. The zero-order valence-electron chi connectivity index (χ0n) is 12.6. The summed E-state index contributed by atoms with van der Waals surface area (Å²) >= 11 is 12.5. The van der Waals surface area contributed by atoms with Crippen molar-refractivity contribution in [3.8, 4) is 23.0 Å². The number of aromatic nitrogens is 2. The molecule has 0 bridgehead atoms. The first kappa shape index (κ1) is 15.1. The molecule has 6 heteroatoms. The first-order chi connectivity index (χ1) is 11.7. The van der Waals surface area contributed by atoms with Crippen LogP contribution in [-0.2, 0) is 6.42 Å². The van der Waals surface area contributed by atoms with Crippen molar-refractivity contribution < 1.29 is 0 Å². The second-order valence-electron chi connectivity index (χ2n) is 5.52. The maximum atomic E-state index is 8.95. The Bertz CT molecular complexity index is 968. The molecule has 0 radical (unpaired) electrons. The Morgan fingerprint density at radius 3 is 2.67 bits per heavy atom. The lowest BCUT2D eigenvalue weighted by Crippen LogP contribution is -2.04. The number of nitrogens with one attached hydrogen (secondary N) is 1.